The fraction of sp³-hybridized carbons (Fsp3) is 0.111. The molecule has 0 heterocycles. The van der Waals surface area contributed by atoms with E-state index >= 15 is 0 Å². The van der Waals surface area contributed by atoms with Gasteiger partial charge in [-0.3, -0.25) is 0 Å². The Morgan fingerprint density at radius 2 is 1.37 bits per heavy atom. The Labute approximate surface area is 125 Å². The van der Waals surface area contributed by atoms with E-state index in [2.05, 4.69) is 77.2 Å². The summed E-state index contributed by atoms with van der Waals surface area (Å²) >= 11 is 2.42. The number of hydrogen-bond donors (Lipinski definition) is 0. The lowest BCUT2D eigenvalue weighted by molar-refractivity contribution is 0.635. The number of rotatable bonds is 0. The van der Waals surface area contributed by atoms with Gasteiger partial charge in [0.15, 0.2) is 0 Å². The van der Waals surface area contributed by atoms with Gasteiger partial charge in [-0.2, -0.15) is 0 Å². The Hall–Kier alpha value is -1.35. The predicted molar refractivity (Wildman–Crippen MR) is 86.8 cm³/mol. The van der Waals surface area contributed by atoms with E-state index in [0.717, 1.165) is 0 Å². The molecule has 90 valence electrons. The van der Waals surface area contributed by atoms with Crippen LogP contribution in [0, 0.1) is 3.57 Å². The molecule has 0 aliphatic heterocycles. The minimum absolute atomic E-state index is 0.603. The van der Waals surface area contributed by atoms with E-state index in [4.69, 9.17) is 0 Å². The highest BCUT2D eigenvalue weighted by Crippen LogP contribution is 2.61. The van der Waals surface area contributed by atoms with E-state index in [0.29, 0.717) is 11.8 Å². The van der Waals surface area contributed by atoms with Crippen molar-refractivity contribution in [2.75, 3.05) is 0 Å². The van der Waals surface area contributed by atoms with Crippen LogP contribution >= 0.6 is 22.6 Å². The molecule has 0 nitrogen and oxygen atoms in total. The van der Waals surface area contributed by atoms with Crippen molar-refractivity contribution < 1.29 is 0 Å². The second kappa shape index (κ2) is 3.40. The molecule has 19 heavy (non-hydrogen) atoms. The van der Waals surface area contributed by atoms with Crippen LogP contribution in [0.4, 0.5) is 0 Å². The maximum absolute atomic E-state index is 2.42. The maximum Gasteiger partial charge on any atom is 0.0209 e. The summed E-state index contributed by atoms with van der Waals surface area (Å²) in [6.07, 6.45) is 0. The lowest BCUT2D eigenvalue weighted by atomic mass is 9.67. The molecule has 0 N–H and O–H groups in total. The lowest BCUT2D eigenvalue weighted by Crippen LogP contribution is -2.22. The van der Waals surface area contributed by atoms with Crippen LogP contribution in [0.1, 0.15) is 34.1 Å². The van der Waals surface area contributed by atoms with E-state index in [1.165, 1.54) is 31.0 Å². The van der Waals surface area contributed by atoms with Crippen LogP contribution in [0.3, 0.4) is 0 Å². The number of benzene rings is 3. The van der Waals surface area contributed by atoms with Crippen molar-refractivity contribution in [1.82, 2.24) is 0 Å². The van der Waals surface area contributed by atoms with Gasteiger partial charge < -0.3 is 0 Å². The third-order valence-electron chi connectivity index (χ3n) is 4.69. The summed E-state index contributed by atoms with van der Waals surface area (Å²) in [5.41, 5.74) is 6.15. The van der Waals surface area contributed by atoms with Crippen molar-refractivity contribution in [3.63, 3.8) is 0 Å². The van der Waals surface area contributed by atoms with Gasteiger partial charge in [0.25, 0.3) is 0 Å². The molecule has 5 rings (SSSR count). The molecule has 2 aliphatic rings. The van der Waals surface area contributed by atoms with E-state index in [1.54, 1.807) is 5.56 Å². The second-order valence-corrected chi connectivity index (χ2v) is 6.77. The fourth-order valence-corrected chi connectivity index (χ4v) is 4.49. The van der Waals surface area contributed by atoms with Crippen LogP contribution in [-0.2, 0) is 0 Å². The van der Waals surface area contributed by atoms with Gasteiger partial charge in [-0.05, 0) is 67.7 Å². The Balaban J connectivity index is 1.90. The highest BCUT2D eigenvalue weighted by atomic mass is 127. The summed E-state index contributed by atoms with van der Waals surface area (Å²) in [7, 11) is 0. The number of halogens is 1. The molecule has 2 atom stereocenters. The molecule has 0 bridgehead atoms. The first kappa shape index (κ1) is 10.4. The van der Waals surface area contributed by atoms with Gasteiger partial charge >= 0.3 is 0 Å². The summed E-state index contributed by atoms with van der Waals surface area (Å²) in [5, 5.41) is 2.90. The molecule has 0 saturated heterocycles. The van der Waals surface area contributed by atoms with Crippen LogP contribution in [-0.4, -0.2) is 0 Å². The third-order valence-corrected chi connectivity index (χ3v) is 5.36. The Bertz CT molecular complexity index is 842. The standard InChI is InChI=1S/C18H11I/c19-11-7-8-12-15(9-11)18-14-6-2-4-10-3-1-5-13(16(10)14)17(12)18/h1-9,17-18H/t17-,18-/m1/s1. The summed E-state index contributed by atoms with van der Waals surface area (Å²) in [6, 6.07) is 20.4. The average Bonchev–Trinajstić information content (AvgIpc) is 2.70. The summed E-state index contributed by atoms with van der Waals surface area (Å²) in [4.78, 5) is 0. The highest BCUT2D eigenvalue weighted by Gasteiger charge is 2.45. The molecule has 0 saturated carbocycles. The van der Waals surface area contributed by atoms with Crippen molar-refractivity contribution in [1.29, 1.82) is 0 Å². The summed E-state index contributed by atoms with van der Waals surface area (Å²) in [5.74, 6) is 1.21. The normalized spacial score (nSPS) is 21.9. The average molecular weight is 354 g/mol. The minimum Gasteiger partial charge on any atom is -0.0613 e. The molecule has 3 aromatic carbocycles. The molecule has 0 amide bonds. The Morgan fingerprint density at radius 3 is 2.11 bits per heavy atom. The van der Waals surface area contributed by atoms with E-state index in [1.807, 2.05) is 0 Å². The molecule has 0 aromatic heterocycles. The van der Waals surface area contributed by atoms with Crippen molar-refractivity contribution in [3.8, 4) is 0 Å². The fourth-order valence-electron chi connectivity index (χ4n) is 3.97. The first-order chi connectivity index (χ1) is 9.34. The molecule has 0 fully saturated rings. The maximum atomic E-state index is 2.42. The quantitative estimate of drug-likeness (QED) is 0.497. The smallest absolute Gasteiger partial charge is 0.0209 e. The van der Waals surface area contributed by atoms with E-state index in [9.17, 15) is 0 Å². The van der Waals surface area contributed by atoms with E-state index < -0.39 is 0 Å². The van der Waals surface area contributed by atoms with Gasteiger partial charge in [0.2, 0.25) is 0 Å². The van der Waals surface area contributed by atoms with Crippen LogP contribution in [0.2, 0.25) is 0 Å². The monoisotopic (exact) mass is 354 g/mol. The summed E-state index contributed by atoms with van der Waals surface area (Å²) in [6.45, 7) is 0. The van der Waals surface area contributed by atoms with Gasteiger partial charge in [0.05, 0.1) is 0 Å². The minimum atomic E-state index is 0.603. The van der Waals surface area contributed by atoms with Gasteiger partial charge in [0, 0.05) is 15.4 Å². The molecular formula is C18H11I. The topological polar surface area (TPSA) is 0 Å². The largest absolute Gasteiger partial charge is 0.0613 e. The second-order valence-electron chi connectivity index (χ2n) is 5.52. The highest BCUT2D eigenvalue weighted by molar-refractivity contribution is 14.1. The van der Waals surface area contributed by atoms with Crippen molar-refractivity contribution in [2.24, 2.45) is 0 Å². The van der Waals surface area contributed by atoms with Crippen LogP contribution < -0.4 is 0 Å². The first-order valence-electron chi connectivity index (χ1n) is 6.65. The molecule has 0 unspecified atom stereocenters. The zero-order valence-electron chi connectivity index (χ0n) is 10.2. The molecule has 3 aromatic rings. The van der Waals surface area contributed by atoms with Crippen LogP contribution in [0.25, 0.3) is 10.8 Å². The lowest BCUT2D eigenvalue weighted by Gasteiger charge is -2.36. The SMILES string of the molecule is Ic1ccc2c(c1)[C@H]1c3cccc4cccc(c34)[C@@H]21. The number of fused-ring (bicyclic) bond motifs is 6. The van der Waals surface area contributed by atoms with E-state index in [-0.39, 0.29) is 0 Å². The third kappa shape index (κ3) is 1.15. The van der Waals surface area contributed by atoms with Crippen molar-refractivity contribution in [2.45, 2.75) is 11.8 Å². The van der Waals surface area contributed by atoms with Crippen molar-refractivity contribution >= 4 is 33.4 Å². The predicted octanol–water partition coefficient (Wildman–Crippen LogP) is 5.04. The van der Waals surface area contributed by atoms with Gasteiger partial charge in [-0.1, -0.05) is 42.5 Å². The van der Waals surface area contributed by atoms with Gasteiger partial charge in [-0.15, -0.1) is 0 Å². The zero-order chi connectivity index (χ0) is 12.6. The first-order valence-corrected chi connectivity index (χ1v) is 7.73. The number of hydrogen-bond acceptors (Lipinski definition) is 0. The zero-order valence-corrected chi connectivity index (χ0v) is 12.4. The molecule has 0 radical (unpaired) electrons. The Morgan fingerprint density at radius 1 is 0.684 bits per heavy atom. The van der Waals surface area contributed by atoms with Gasteiger partial charge in [0.1, 0.15) is 0 Å². The van der Waals surface area contributed by atoms with Gasteiger partial charge in [-0.25, -0.2) is 0 Å². The summed E-state index contributed by atoms with van der Waals surface area (Å²) < 4.78 is 1.35. The van der Waals surface area contributed by atoms with Crippen molar-refractivity contribution in [3.05, 3.63) is 80.4 Å². The van der Waals surface area contributed by atoms with Crippen LogP contribution in [0.5, 0.6) is 0 Å². The van der Waals surface area contributed by atoms with Crippen LogP contribution in [0.15, 0.2) is 54.6 Å². The molecule has 1 heteroatoms. The molecule has 0 spiro atoms. The molecule has 2 aliphatic carbocycles. The Kier molecular flexibility index (Phi) is 1.87. The molecular weight excluding hydrogens is 343 g/mol.